The number of unbranched alkanes of at least 4 members (excludes halogenated alkanes) is 1. The van der Waals surface area contributed by atoms with E-state index in [1.807, 2.05) is 6.07 Å². The molecule has 0 saturated heterocycles. The molecular weight excluding hydrogens is 149 g/mol. The number of alkyl halides is 1. The minimum absolute atomic E-state index is 0.0697. The first-order valence-electron chi connectivity index (χ1n) is 3.31. The maximum atomic E-state index is 12.5. The van der Waals surface area contributed by atoms with Gasteiger partial charge in [0.2, 0.25) is 0 Å². The lowest BCUT2D eigenvalue weighted by Crippen LogP contribution is -2.16. The van der Waals surface area contributed by atoms with Crippen molar-refractivity contribution in [1.82, 2.24) is 0 Å². The number of hydrogen-bond acceptors (Lipinski definition) is 3. The molecule has 0 aromatic rings. The Morgan fingerprint density at radius 1 is 1.82 bits per heavy atom. The third-order valence-corrected chi connectivity index (χ3v) is 1.20. The molecule has 0 aromatic heterocycles. The number of carbonyl (C=O) groups excluding carboxylic acids is 1. The lowest BCUT2D eigenvalue weighted by molar-refractivity contribution is -0.146. The van der Waals surface area contributed by atoms with Crippen molar-refractivity contribution in [2.75, 3.05) is 7.11 Å². The van der Waals surface area contributed by atoms with Crippen molar-refractivity contribution >= 4 is 5.97 Å². The fraction of sp³-hybridized carbons (Fsp3) is 0.714. The molecule has 1 unspecified atom stereocenters. The van der Waals surface area contributed by atoms with E-state index in [1.165, 1.54) is 0 Å². The summed E-state index contributed by atoms with van der Waals surface area (Å²) in [7, 11) is 1.14. The van der Waals surface area contributed by atoms with Crippen molar-refractivity contribution < 1.29 is 13.9 Å². The number of nitrogens with zero attached hydrogens (tertiary/aromatic N) is 1. The van der Waals surface area contributed by atoms with Crippen LogP contribution in [0.5, 0.6) is 0 Å². The van der Waals surface area contributed by atoms with E-state index >= 15 is 0 Å². The molecule has 0 rings (SSSR count). The van der Waals surface area contributed by atoms with Crippen LogP contribution in [0.1, 0.15) is 19.3 Å². The molecule has 0 saturated carbocycles. The summed E-state index contributed by atoms with van der Waals surface area (Å²) in [4.78, 5) is 10.4. The van der Waals surface area contributed by atoms with E-state index in [0.717, 1.165) is 7.11 Å². The van der Waals surface area contributed by atoms with Crippen molar-refractivity contribution in [3.63, 3.8) is 0 Å². The molecule has 0 fully saturated rings. The minimum atomic E-state index is -1.58. The average molecular weight is 159 g/mol. The minimum Gasteiger partial charge on any atom is -0.467 e. The molecule has 0 radical (unpaired) electrons. The molecule has 0 aliphatic rings. The average Bonchev–Trinajstić information content (AvgIpc) is 2.03. The predicted octanol–water partition coefficient (Wildman–Crippen LogP) is 1.19. The molecular formula is C7H10FNO2. The summed E-state index contributed by atoms with van der Waals surface area (Å²) in [5, 5.41) is 8.09. The standard InChI is InChI=1S/C7H10FNO2/c1-11-7(10)6(8)4-2-3-5-9/h6H,2-4H2,1H3. The Bertz CT molecular complexity index is 164. The molecule has 0 N–H and O–H groups in total. The second-order valence-electron chi connectivity index (χ2n) is 2.04. The van der Waals surface area contributed by atoms with Crippen LogP contribution in [0, 0.1) is 11.3 Å². The van der Waals surface area contributed by atoms with Gasteiger partial charge in [-0.2, -0.15) is 5.26 Å². The highest BCUT2D eigenvalue weighted by Gasteiger charge is 2.16. The van der Waals surface area contributed by atoms with Gasteiger partial charge in [-0.3, -0.25) is 0 Å². The molecule has 62 valence electrons. The SMILES string of the molecule is COC(=O)C(F)CCCC#N. The van der Waals surface area contributed by atoms with Gasteiger partial charge in [0.1, 0.15) is 0 Å². The van der Waals surface area contributed by atoms with Crippen molar-refractivity contribution in [3.05, 3.63) is 0 Å². The molecule has 11 heavy (non-hydrogen) atoms. The molecule has 0 aliphatic heterocycles. The fourth-order valence-corrected chi connectivity index (χ4v) is 0.606. The van der Waals surface area contributed by atoms with Crippen LogP contribution in [0.25, 0.3) is 0 Å². The van der Waals surface area contributed by atoms with Crippen LogP contribution < -0.4 is 0 Å². The first-order valence-corrected chi connectivity index (χ1v) is 3.31. The van der Waals surface area contributed by atoms with E-state index in [1.54, 1.807) is 0 Å². The van der Waals surface area contributed by atoms with Gasteiger partial charge in [-0.15, -0.1) is 0 Å². The summed E-state index contributed by atoms with van der Waals surface area (Å²) in [5.74, 6) is -0.858. The zero-order chi connectivity index (χ0) is 8.69. The molecule has 4 heteroatoms. The van der Waals surface area contributed by atoms with Crippen molar-refractivity contribution in [3.8, 4) is 6.07 Å². The quantitative estimate of drug-likeness (QED) is 0.457. The Morgan fingerprint density at radius 2 is 2.45 bits per heavy atom. The lowest BCUT2D eigenvalue weighted by atomic mass is 10.2. The smallest absolute Gasteiger partial charge is 0.340 e. The van der Waals surface area contributed by atoms with Crippen molar-refractivity contribution in [1.29, 1.82) is 5.26 Å². The zero-order valence-electron chi connectivity index (χ0n) is 6.34. The van der Waals surface area contributed by atoms with Gasteiger partial charge in [0.15, 0.2) is 6.17 Å². The number of hydrogen-bond donors (Lipinski definition) is 0. The topological polar surface area (TPSA) is 50.1 Å². The molecule has 0 aliphatic carbocycles. The molecule has 3 nitrogen and oxygen atoms in total. The number of nitriles is 1. The highest BCUT2D eigenvalue weighted by atomic mass is 19.1. The number of rotatable bonds is 4. The van der Waals surface area contributed by atoms with Crippen LogP contribution >= 0.6 is 0 Å². The molecule has 0 spiro atoms. The number of carbonyl (C=O) groups is 1. The number of ether oxygens (including phenoxy) is 1. The first kappa shape index (κ1) is 9.89. The molecule has 0 aromatic carbocycles. The zero-order valence-corrected chi connectivity index (χ0v) is 6.34. The highest BCUT2D eigenvalue weighted by molar-refractivity contribution is 5.74. The van der Waals surface area contributed by atoms with Gasteiger partial charge in [0.25, 0.3) is 0 Å². The summed E-state index contributed by atoms with van der Waals surface area (Å²) in [6.07, 6.45) is -0.835. The Labute approximate surface area is 64.8 Å². The largest absolute Gasteiger partial charge is 0.467 e. The van der Waals surface area contributed by atoms with E-state index < -0.39 is 12.1 Å². The fourth-order valence-electron chi connectivity index (χ4n) is 0.606. The van der Waals surface area contributed by atoms with Crippen LogP contribution in [-0.4, -0.2) is 19.3 Å². The van der Waals surface area contributed by atoms with Crippen molar-refractivity contribution in [2.24, 2.45) is 0 Å². The normalized spacial score (nSPS) is 11.7. The number of esters is 1. The molecule has 0 heterocycles. The van der Waals surface area contributed by atoms with Gasteiger partial charge >= 0.3 is 5.97 Å². The van der Waals surface area contributed by atoms with Crippen LogP contribution in [0.3, 0.4) is 0 Å². The van der Waals surface area contributed by atoms with Gasteiger partial charge in [0, 0.05) is 6.42 Å². The van der Waals surface area contributed by atoms with Gasteiger partial charge in [-0.1, -0.05) is 0 Å². The van der Waals surface area contributed by atoms with Gasteiger partial charge < -0.3 is 4.74 Å². The van der Waals surface area contributed by atoms with E-state index in [9.17, 15) is 9.18 Å². The Balaban J connectivity index is 3.45. The van der Waals surface area contributed by atoms with Crippen LogP contribution in [0.2, 0.25) is 0 Å². The summed E-state index contributed by atoms with van der Waals surface area (Å²) in [6, 6.07) is 1.86. The second-order valence-corrected chi connectivity index (χ2v) is 2.04. The first-order chi connectivity index (χ1) is 5.22. The Morgan fingerprint density at radius 3 is 2.91 bits per heavy atom. The van der Waals surface area contributed by atoms with Crippen LogP contribution in [0.4, 0.5) is 4.39 Å². The predicted molar refractivity (Wildman–Crippen MR) is 36.4 cm³/mol. The van der Waals surface area contributed by atoms with E-state index in [0.29, 0.717) is 6.42 Å². The van der Waals surface area contributed by atoms with E-state index in [4.69, 9.17) is 5.26 Å². The summed E-state index contributed by atoms with van der Waals surface area (Å²) >= 11 is 0. The molecule has 0 bridgehead atoms. The Hall–Kier alpha value is -1.11. The number of halogens is 1. The third kappa shape index (κ3) is 4.31. The summed E-state index contributed by atoms with van der Waals surface area (Å²) in [6.45, 7) is 0. The molecule has 1 atom stereocenters. The molecule has 0 amide bonds. The van der Waals surface area contributed by atoms with E-state index in [2.05, 4.69) is 4.74 Å². The maximum Gasteiger partial charge on any atom is 0.340 e. The van der Waals surface area contributed by atoms with E-state index in [-0.39, 0.29) is 12.8 Å². The summed E-state index contributed by atoms with van der Waals surface area (Å²) < 4.78 is 16.7. The van der Waals surface area contributed by atoms with Crippen LogP contribution in [-0.2, 0) is 9.53 Å². The lowest BCUT2D eigenvalue weighted by Gasteiger charge is -2.02. The maximum absolute atomic E-state index is 12.5. The number of methoxy groups -OCH3 is 1. The Kier molecular flexibility index (Phi) is 5.09. The van der Waals surface area contributed by atoms with Crippen LogP contribution in [0.15, 0.2) is 0 Å². The summed E-state index contributed by atoms with van der Waals surface area (Å²) in [5.41, 5.74) is 0. The highest BCUT2D eigenvalue weighted by Crippen LogP contribution is 2.05. The van der Waals surface area contributed by atoms with Crippen molar-refractivity contribution in [2.45, 2.75) is 25.4 Å². The monoisotopic (exact) mass is 159 g/mol. The van der Waals surface area contributed by atoms with Gasteiger partial charge in [0.05, 0.1) is 13.2 Å². The third-order valence-electron chi connectivity index (χ3n) is 1.20. The second kappa shape index (κ2) is 5.66. The van der Waals surface area contributed by atoms with Gasteiger partial charge in [-0.05, 0) is 12.8 Å². The van der Waals surface area contributed by atoms with Gasteiger partial charge in [-0.25, -0.2) is 9.18 Å².